The summed E-state index contributed by atoms with van der Waals surface area (Å²) in [6, 6.07) is 0.360. The largest absolute Gasteiger partial charge is 0.478 e. The van der Waals surface area contributed by atoms with Crippen molar-refractivity contribution in [2.24, 2.45) is 0 Å². The van der Waals surface area contributed by atoms with Crippen LogP contribution in [0.25, 0.3) is 0 Å². The smallest absolute Gasteiger partial charge is 0.417 e. The first-order valence-corrected chi connectivity index (χ1v) is 5.23. The number of hydrogen-bond acceptors (Lipinski definition) is 1. The average Bonchev–Trinajstić information content (AvgIpc) is 2.13. The van der Waals surface area contributed by atoms with E-state index in [1.54, 1.807) is 0 Å². The Morgan fingerprint density at radius 3 is 1.56 bits per heavy atom. The van der Waals surface area contributed by atoms with Crippen molar-refractivity contribution < 1.29 is 36.2 Å². The van der Waals surface area contributed by atoms with Gasteiger partial charge >= 0.3 is 18.3 Å². The van der Waals surface area contributed by atoms with Gasteiger partial charge in [-0.2, -0.15) is 26.3 Å². The third kappa shape index (κ3) is 3.06. The Morgan fingerprint density at radius 1 is 1.00 bits per heavy atom. The summed E-state index contributed by atoms with van der Waals surface area (Å²) < 4.78 is 73.9. The topological polar surface area (TPSA) is 37.3 Å². The van der Waals surface area contributed by atoms with E-state index in [0.717, 1.165) is 22.6 Å². The van der Waals surface area contributed by atoms with Crippen LogP contribution in [-0.4, -0.2) is 11.1 Å². The van der Waals surface area contributed by atoms with Crippen molar-refractivity contribution in [3.63, 3.8) is 0 Å². The summed E-state index contributed by atoms with van der Waals surface area (Å²) in [5.41, 5.74) is -4.29. The highest BCUT2D eigenvalue weighted by Crippen LogP contribution is 2.40. The summed E-state index contributed by atoms with van der Waals surface area (Å²) in [4.78, 5) is 10.5. The molecule has 1 N–H and O–H groups in total. The van der Waals surface area contributed by atoms with E-state index >= 15 is 0 Å². The van der Waals surface area contributed by atoms with Gasteiger partial charge in [0.2, 0.25) is 0 Å². The molecule has 1 aromatic carbocycles. The first-order valence-electron chi connectivity index (χ1n) is 4.16. The number of alkyl halides is 6. The van der Waals surface area contributed by atoms with Gasteiger partial charge in [0.1, 0.15) is 0 Å². The van der Waals surface area contributed by atoms with Gasteiger partial charge in [-0.05, 0) is 34.7 Å². The van der Waals surface area contributed by atoms with Crippen molar-refractivity contribution in [1.29, 1.82) is 0 Å². The van der Waals surface area contributed by atoms with E-state index in [-0.39, 0.29) is 12.1 Å². The van der Waals surface area contributed by atoms with Crippen molar-refractivity contribution in [1.82, 2.24) is 0 Å². The van der Waals surface area contributed by atoms with Gasteiger partial charge in [0.15, 0.2) is 0 Å². The maximum Gasteiger partial charge on any atom is 0.417 e. The number of carboxylic acid groups (broad SMARTS) is 1. The molecule has 0 saturated carbocycles. The zero-order valence-electron chi connectivity index (χ0n) is 8.16. The molecule has 0 spiro atoms. The van der Waals surface area contributed by atoms with Crippen molar-refractivity contribution >= 4 is 28.6 Å². The van der Waals surface area contributed by atoms with E-state index in [1.165, 1.54) is 0 Å². The SMILES string of the molecule is O=C(O)c1cc(C(F)(F)F)c(I)c(C(F)(F)F)c1. The van der Waals surface area contributed by atoms with Gasteiger partial charge in [-0.1, -0.05) is 0 Å². The minimum atomic E-state index is -5.05. The summed E-state index contributed by atoms with van der Waals surface area (Å²) in [5.74, 6) is -1.86. The zero-order chi connectivity index (χ0) is 14.3. The van der Waals surface area contributed by atoms with E-state index in [1.807, 2.05) is 0 Å². The number of carboxylic acids is 1. The summed E-state index contributed by atoms with van der Waals surface area (Å²) in [7, 11) is 0. The molecule has 1 rings (SSSR count). The number of rotatable bonds is 1. The maximum atomic E-state index is 12.5. The fraction of sp³-hybridized carbons (Fsp3) is 0.222. The number of hydrogen-bond donors (Lipinski definition) is 1. The zero-order valence-corrected chi connectivity index (χ0v) is 10.3. The van der Waals surface area contributed by atoms with Crippen LogP contribution in [0.2, 0.25) is 0 Å². The average molecular weight is 384 g/mol. The molecule has 0 aromatic heterocycles. The second-order valence-electron chi connectivity index (χ2n) is 3.19. The summed E-state index contributed by atoms with van der Waals surface area (Å²) >= 11 is 0.899. The molecule has 0 fully saturated rings. The van der Waals surface area contributed by atoms with Crippen LogP contribution >= 0.6 is 22.6 Å². The second kappa shape index (κ2) is 4.59. The van der Waals surface area contributed by atoms with E-state index in [4.69, 9.17) is 5.11 Å². The first-order chi connectivity index (χ1) is 7.94. The molecule has 18 heavy (non-hydrogen) atoms. The minimum Gasteiger partial charge on any atom is -0.478 e. The second-order valence-corrected chi connectivity index (χ2v) is 4.26. The van der Waals surface area contributed by atoms with Crippen LogP contribution in [0.5, 0.6) is 0 Å². The number of carbonyl (C=O) groups is 1. The molecule has 0 aliphatic rings. The molecular formula is C9H3F6IO2. The lowest BCUT2D eigenvalue weighted by Gasteiger charge is -2.16. The molecule has 0 bridgehead atoms. The predicted octanol–water partition coefficient (Wildman–Crippen LogP) is 4.03. The molecule has 9 heteroatoms. The molecule has 1 aromatic rings. The van der Waals surface area contributed by atoms with Crippen LogP contribution < -0.4 is 0 Å². The number of aromatic carboxylic acids is 1. The van der Waals surface area contributed by atoms with E-state index in [2.05, 4.69) is 0 Å². The quantitative estimate of drug-likeness (QED) is 0.587. The molecule has 0 heterocycles. The van der Waals surface area contributed by atoms with Gasteiger partial charge in [-0.15, -0.1) is 0 Å². The van der Waals surface area contributed by atoms with Crippen molar-refractivity contribution in [3.8, 4) is 0 Å². The van der Waals surface area contributed by atoms with Crippen LogP contribution in [0.15, 0.2) is 12.1 Å². The highest BCUT2D eigenvalue weighted by atomic mass is 127. The lowest BCUT2D eigenvalue weighted by molar-refractivity contribution is -0.144. The van der Waals surface area contributed by atoms with Crippen LogP contribution in [-0.2, 0) is 12.4 Å². The Bertz CT molecular complexity index is 456. The van der Waals surface area contributed by atoms with Gasteiger partial charge in [-0.3, -0.25) is 0 Å². The summed E-state index contributed by atoms with van der Waals surface area (Å²) in [5, 5.41) is 8.52. The number of benzene rings is 1. The normalized spacial score (nSPS) is 12.6. The first kappa shape index (κ1) is 15.1. The molecule has 0 saturated heterocycles. The Hall–Kier alpha value is -1.00. The highest BCUT2D eigenvalue weighted by molar-refractivity contribution is 14.1. The standard InChI is InChI=1S/C9H3F6IO2/c10-8(11,12)4-1-3(7(17)18)2-5(6(4)16)9(13,14)15/h1-2H,(H,17,18). The molecule has 100 valence electrons. The van der Waals surface area contributed by atoms with Gasteiger partial charge in [0.25, 0.3) is 0 Å². The van der Waals surface area contributed by atoms with Gasteiger partial charge in [0.05, 0.1) is 16.7 Å². The molecule has 0 aliphatic heterocycles. The lowest BCUT2D eigenvalue weighted by Crippen LogP contribution is -2.17. The predicted molar refractivity (Wildman–Crippen MR) is 56.1 cm³/mol. The van der Waals surface area contributed by atoms with E-state index < -0.39 is 38.6 Å². The Kier molecular flexibility index (Phi) is 3.84. The van der Waals surface area contributed by atoms with Crippen molar-refractivity contribution in [2.75, 3.05) is 0 Å². The fourth-order valence-corrected chi connectivity index (χ4v) is 2.08. The van der Waals surface area contributed by atoms with Crippen molar-refractivity contribution in [3.05, 3.63) is 32.4 Å². The molecule has 0 atom stereocenters. The van der Waals surface area contributed by atoms with Gasteiger partial charge in [-0.25, -0.2) is 4.79 Å². The Labute approximate surface area is 110 Å². The Morgan fingerprint density at radius 2 is 1.33 bits per heavy atom. The monoisotopic (exact) mass is 384 g/mol. The summed E-state index contributed by atoms with van der Waals surface area (Å²) in [6.45, 7) is 0. The summed E-state index contributed by atoms with van der Waals surface area (Å²) in [6.07, 6.45) is -10.1. The fourth-order valence-electron chi connectivity index (χ4n) is 1.16. The van der Waals surface area contributed by atoms with Crippen molar-refractivity contribution in [2.45, 2.75) is 12.4 Å². The third-order valence-electron chi connectivity index (χ3n) is 1.93. The molecular weight excluding hydrogens is 381 g/mol. The maximum absolute atomic E-state index is 12.5. The van der Waals surface area contributed by atoms with Gasteiger partial charge in [0, 0.05) is 3.57 Å². The highest BCUT2D eigenvalue weighted by Gasteiger charge is 2.41. The Balaban J connectivity index is 3.64. The minimum absolute atomic E-state index is 0.180. The molecule has 0 aliphatic carbocycles. The third-order valence-corrected chi connectivity index (χ3v) is 3.09. The molecule has 0 radical (unpaired) electrons. The van der Waals surface area contributed by atoms with Gasteiger partial charge < -0.3 is 5.11 Å². The van der Waals surface area contributed by atoms with Crippen LogP contribution in [0.3, 0.4) is 0 Å². The van der Waals surface area contributed by atoms with E-state index in [0.29, 0.717) is 0 Å². The van der Waals surface area contributed by atoms with Crippen LogP contribution in [0.4, 0.5) is 26.3 Å². The molecule has 0 unspecified atom stereocenters. The number of halogens is 7. The lowest BCUT2D eigenvalue weighted by atomic mass is 10.0. The molecule has 0 amide bonds. The van der Waals surface area contributed by atoms with Crippen LogP contribution in [0, 0.1) is 3.57 Å². The van der Waals surface area contributed by atoms with E-state index in [9.17, 15) is 31.1 Å². The molecule has 2 nitrogen and oxygen atoms in total. The van der Waals surface area contributed by atoms with Crippen LogP contribution in [0.1, 0.15) is 21.5 Å².